The summed E-state index contributed by atoms with van der Waals surface area (Å²) in [7, 11) is 0. The number of nitriles is 1. The van der Waals surface area contributed by atoms with Crippen molar-refractivity contribution in [2.45, 2.75) is 20.3 Å². The van der Waals surface area contributed by atoms with Crippen molar-refractivity contribution < 1.29 is 4.79 Å². The molecule has 3 rings (SSSR count). The highest BCUT2D eigenvalue weighted by Gasteiger charge is 2.11. The molecule has 27 heavy (non-hydrogen) atoms. The van der Waals surface area contributed by atoms with Gasteiger partial charge in [-0.05, 0) is 36.1 Å². The molecule has 0 saturated carbocycles. The Kier molecular flexibility index (Phi) is 5.74. The van der Waals surface area contributed by atoms with Gasteiger partial charge in [0.25, 0.3) is 0 Å². The molecule has 2 N–H and O–H groups in total. The molecular formula is C19H18N6OS. The SMILES string of the molecule is CC(C)Cc1ccc(NC(=O)Nc2nnc(-c3cncc(C#N)c3)s2)cc1. The van der Waals surface area contributed by atoms with E-state index in [4.69, 9.17) is 5.26 Å². The van der Waals surface area contributed by atoms with Gasteiger partial charge in [0.15, 0.2) is 5.01 Å². The van der Waals surface area contributed by atoms with E-state index >= 15 is 0 Å². The van der Waals surface area contributed by atoms with Gasteiger partial charge in [-0.15, -0.1) is 10.2 Å². The van der Waals surface area contributed by atoms with Gasteiger partial charge in [-0.3, -0.25) is 10.3 Å². The summed E-state index contributed by atoms with van der Waals surface area (Å²) in [5, 5.41) is 23.3. The third-order valence-electron chi connectivity index (χ3n) is 3.62. The number of amides is 2. The number of aromatic nitrogens is 3. The van der Waals surface area contributed by atoms with Gasteiger partial charge in [-0.1, -0.05) is 37.3 Å². The van der Waals surface area contributed by atoms with Crippen LogP contribution in [0.5, 0.6) is 0 Å². The van der Waals surface area contributed by atoms with Crippen molar-refractivity contribution in [1.29, 1.82) is 5.26 Å². The largest absolute Gasteiger partial charge is 0.325 e. The van der Waals surface area contributed by atoms with Crippen LogP contribution in [-0.4, -0.2) is 21.2 Å². The lowest BCUT2D eigenvalue weighted by molar-refractivity contribution is 0.262. The van der Waals surface area contributed by atoms with Gasteiger partial charge in [0, 0.05) is 23.6 Å². The first-order valence-electron chi connectivity index (χ1n) is 8.39. The minimum Gasteiger partial charge on any atom is -0.308 e. The van der Waals surface area contributed by atoms with Gasteiger partial charge in [0.05, 0.1) is 5.56 Å². The zero-order valence-corrected chi connectivity index (χ0v) is 15.7. The van der Waals surface area contributed by atoms with Crippen molar-refractivity contribution >= 4 is 28.2 Å². The van der Waals surface area contributed by atoms with E-state index in [2.05, 4.69) is 39.7 Å². The molecule has 0 unspecified atom stereocenters. The average Bonchev–Trinajstić information content (AvgIpc) is 3.11. The maximum absolute atomic E-state index is 12.2. The summed E-state index contributed by atoms with van der Waals surface area (Å²) in [6.07, 6.45) is 4.08. The Morgan fingerprint density at radius 3 is 2.67 bits per heavy atom. The van der Waals surface area contributed by atoms with Crippen molar-refractivity contribution in [3.05, 3.63) is 53.9 Å². The van der Waals surface area contributed by atoms with Crippen LogP contribution in [-0.2, 0) is 6.42 Å². The Bertz CT molecular complexity index is 974. The van der Waals surface area contributed by atoms with Gasteiger partial charge in [0.1, 0.15) is 6.07 Å². The Labute approximate surface area is 161 Å². The first kappa shape index (κ1) is 18.5. The maximum Gasteiger partial charge on any atom is 0.325 e. The first-order valence-corrected chi connectivity index (χ1v) is 9.21. The second-order valence-electron chi connectivity index (χ2n) is 6.36. The highest BCUT2D eigenvalue weighted by molar-refractivity contribution is 7.18. The number of carbonyl (C=O) groups is 1. The van der Waals surface area contributed by atoms with Crippen LogP contribution in [0.2, 0.25) is 0 Å². The van der Waals surface area contributed by atoms with Crippen LogP contribution in [0.3, 0.4) is 0 Å². The lowest BCUT2D eigenvalue weighted by Gasteiger charge is -2.08. The number of urea groups is 1. The number of carbonyl (C=O) groups excluding carboxylic acids is 1. The minimum absolute atomic E-state index is 0.362. The van der Waals surface area contributed by atoms with Crippen molar-refractivity contribution in [2.24, 2.45) is 5.92 Å². The fourth-order valence-corrected chi connectivity index (χ4v) is 3.18. The van der Waals surface area contributed by atoms with Crippen LogP contribution < -0.4 is 10.6 Å². The van der Waals surface area contributed by atoms with Gasteiger partial charge in [-0.2, -0.15) is 5.26 Å². The number of nitrogens with zero attached hydrogens (tertiary/aromatic N) is 4. The summed E-state index contributed by atoms with van der Waals surface area (Å²) in [5.74, 6) is 0.586. The van der Waals surface area contributed by atoms with E-state index in [1.54, 1.807) is 12.3 Å². The second-order valence-corrected chi connectivity index (χ2v) is 7.34. The van der Waals surface area contributed by atoms with Crippen LogP contribution in [0.15, 0.2) is 42.7 Å². The molecule has 0 spiro atoms. The fraction of sp³-hybridized carbons (Fsp3) is 0.211. The summed E-state index contributed by atoms with van der Waals surface area (Å²) < 4.78 is 0. The monoisotopic (exact) mass is 378 g/mol. The number of rotatable bonds is 5. The molecule has 2 aromatic heterocycles. The van der Waals surface area contributed by atoms with Crippen LogP contribution >= 0.6 is 11.3 Å². The molecule has 0 aliphatic heterocycles. The molecule has 0 fully saturated rings. The molecule has 0 aliphatic rings. The third-order valence-corrected chi connectivity index (χ3v) is 4.50. The zero-order valence-electron chi connectivity index (χ0n) is 14.9. The van der Waals surface area contributed by atoms with E-state index in [0.29, 0.717) is 32.9 Å². The van der Waals surface area contributed by atoms with Crippen LogP contribution in [0.4, 0.5) is 15.6 Å². The Balaban J connectivity index is 1.61. The van der Waals surface area contributed by atoms with E-state index in [-0.39, 0.29) is 0 Å². The molecule has 0 radical (unpaired) electrons. The predicted octanol–water partition coefficient (Wildman–Crippen LogP) is 4.31. The number of pyridine rings is 1. The van der Waals surface area contributed by atoms with Gasteiger partial charge < -0.3 is 5.32 Å². The van der Waals surface area contributed by atoms with E-state index in [1.807, 2.05) is 30.3 Å². The van der Waals surface area contributed by atoms with Gasteiger partial charge in [-0.25, -0.2) is 4.79 Å². The molecule has 1 aromatic carbocycles. The number of hydrogen-bond donors (Lipinski definition) is 2. The maximum atomic E-state index is 12.2. The average molecular weight is 378 g/mol. The standard InChI is InChI=1S/C19H18N6OS/c1-12(2)7-13-3-5-16(6-4-13)22-18(26)23-19-25-24-17(27-19)15-8-14(9-20)10-21-11-15/h3-6,8,10-12H,7H2,1-2H3,(H2,22,23,25,26). The van der Waals surface area contributed by atoms with E-state index in [9.17, 15) is 4.79 Å². The van der Waals surface area contributed by atoms with Gasteiger partial charge in [0.2, 0.25) is 5.13 Å². The van der Waals surface area contributed by atoms with Crippen LogP contribution in [0.1, 0.15) is 25.0 Å². The highest BCUT2D eigenvalue weighted by Crippen LogP contribution is 2.26. The predicted molar refractivity (Wildman–Crippen MR) is 105 cm³/mol. The molecule has 7 nitrogen and oxygen atoms in total. The Morgan fingerprint density at radius 2 is 1.96 bits per heavy atom. The normalized spacial score (nSPS) is 10.4. The summed E-state index contributed by atoms with van der Waals surface area (Å²) in [5.41, 5.74) is 3.06. The lowest BCUT2D eigenvalue weighted by Crippen LogP contribution is -2.19. The molecule has 0 atom stereocenters. The molecule has 0 bridgehead atoms. The highest BCUT2D eigenvalue weighted by atomic mass is 32.1. The number of nitrogens with one attached hydrogen (secondary N) is 2. The number of hydrogen-bond acceptors (Lipinski definition) is 6. The molecule has 2 amide bonds. The Morgan fingerprint density at radius 1 is 1.19 bits per heavy atom. The van der Waals surface area contributed by atoms with E-state index in [1.165, 1.54) is 23.1 Å². The summed E-state index contributed by atoms with van der Waals surface area (Å²) in [4.78, 5) is 16.2. The minimum atomic E-state index is -0.391. The molecule has 8 heteroatoms. The first-order chi connectivity index (χ1) is 13.0. The van der Waals surface area contributed by atoms with Crippen molar-refractivity contribution in [1.82, 2.24) is 15.2 Å². The van der Waals surface area contributed by atoms with E-state index < -0.39 is 6.03 Å². The molecular weight excluding hydrogens is 360 g/mol. The molecule has 3 aromatic rings. The molecule has 0 aliphatic carbocycles. The van der Waals surface area contributed by atoms with Crippen LogP contribution in [0, 0.1) is 17.2 Å². The zero-order chi connectivity index (χ0) is 19.2. The van der Waals surface area contributed by atoms with Crippen molar-refractivity contribution in [3.63, 3.8) is 0 Å². The molecule has 136 valence electrons. The summed E-state index contributed by atoms with van der Waals surface area (Å²) in [6.45, 7) is 4.34. The number of anilines is 2. The quantitative estimate of drug-likeness (QED) is 0.688. The summed E-state index contributed by atoms with van der Waals surface area (Å²) in [6, 6.07) is 11.1. The fourth-order valence-electron chi connectivity index (χ4n) is 2.46. The Hall–Kier alpha value is -3.31. The summed E-state index contributed by atoms with van der Waals surface area (Å²) >= 11 is 1.21. The smallest absolute Gasteiger partial charge is 0.308 e. The topological polar surface area (TPSA) is 104 Å². The van der Waals surface area contributed by atoms with Gasteiger partial charge >= 0.3 is 6.03 Å². The second kappa shape index (κ2) is 8.38. The van der Waals surface area contributed by atoms with E-state index in [0.717, 1.165) is 6.42 Å². The third kappa shape index (κ3) is 5.09. The van der Waals surface area contributed by atoms with Crippen LogP contribution in [0.25, 0.3) is 10.6 Å². The lowest BCUT2D eigenvalue weighted by atomic mass is 10.0. The molecule has 2 heterocycles. The van der Waals surface area contributed by atoms with Crippen molar-refractivity contribution in [3.8, 4) is 16.6 Å². The molecule has 0 saturated heterocycles. The number of benzene rings is 1. The van der Waals surface area contributed by atoms with Crippen molar-refractivity contribution in [2.75, 3.05) is 10.6 Å².